The number of hydrogen-bond acceptors (Lipinski definition) is 5. The van der Waals surface area contributed by atoms with E-state index in [1.807, 2.05) is 34.2 Å². The zero-order chi connectivity index (χ0) is 21.9. The lowest BCUT2D eigenvalue weighted by Gasteiger charge is -2.10. The third-order valence-corrected chi connectivity index (χ3v) is 5.39. The Morgan fingerprint density at radius 3 is 2.44 bits per heavy atom. The summed E-state index contributed by atoms with van der Waals surface area (Å²) in [6.07, 6.45) is 0. The van der Waals surface area contributed by atoms with Crippen LogP contribution in [0.4, 0.5) is 10.1 Å². The second kappa shape index (κ2) is 8.60. The first-order valence-electron chi connectivity index (χ1n) is 9.83. The number of ether oxygens (including phenoxy) is 1. The average molecular weight is 444 g/mol. The Kier molecular flexibility index (Phi) is 5.35. The van der Waals surface area contributed by atoms with Crippen LogP contribution in [-0.2, 0) is 11.3 Å². The fourth-order valence-electron chi connectivity index (χ4n) is 3.34. The number of nitrogens with zero attached hydrogens (tertiary/aromatic N) is 3. The molecule has 5 aromatic rings. The highest BCUT2D eigenvalue weighted by atomic mass is 32.1. The Labute approximate surface area is 187 Å². The van der Waals surface area contributed by atoms with Crippen LogP contribution < -0.4 is 10.1 Å². The third kappa shape index (κ3) is 4.21. The number of nitrogens with one attached hydrogen (secondary N) is 1. The molecular formula is C24H17FN4O2S. The van der Waals surface area contributed by atoms with Gasteiger partial charge in [-0.1, -0.05) is 12.1 Å². The van der Waals surface area contributed by atoms with Gasteiger partial charge in [0.1, 0.15) is 29.6 Å². The Morgan fingerprint density at radius 2 is 1.72 bits per heavy atom. The first kappa shape index (κ1) is 19.9. The Hall–Kier alpha value is -4.04. The SMILES string of the molecule is O=C(Cn1c(-c2cscn2)nc2ccccc21)Nc1ccc(Oc2ccc(F)cc2)cc1. The number of fused-ring (bicyclic) bond motifs is 1. The Morgan fingerprint density at radius 1 is 1.00 bits per heavy atom. The quantitative estimate of drug-likeness (QED) is 0.363. The highest BCUT2D eigenvalue weighted by Gasteiger charge is 2.16. The maximum atomic E-state index is 13.0. The van der Waals surface area contributed by atoms with E-state index in [4.69, 9.17) is 4.74 Å². The molecule has 3 aromatic carbocycles. The monoisotopic (exact) mass is 444 g/mol. The van der Waals surface area contributed by atoms with Gasteiger partial charge in [-0.25, -0.2) is 14.4 Å². The van der Waals surface area contributed by atoms with Crippen molar-refractivity contribution in [3.05, 3.63) is 89.5 Å². The van der Waals surface area contributed by atoms with Gasteiger partial charge in [0.2, 0.25) is 5.91 Å². The highest BCUT2D eigenvalue weighted by Crippen LogP contribution is 2.26. The zero-order valence-corrected chi connectivity index (χ0v) is 17.6. The molecule has 0 aliphatic carbocycles. The number of anilines is 1. The normalized spacial score (nSPS) is 10.9. The first-order valence-corrected chi connectivity index (χ1v) is 10.8. The van der Waals surface area contributed by atoms with Gasteiger partial charge in [-0.05, 0) is 60.7 Å². The van der Waals surface area contributed by atoms with Gasteiger partial charge in [0, 0.05) is 11.1 Å². The minimum absolute atomic E-state index is 0.0984. The van der Waals surface area contributed by atoms with Crippen LogP contribution in [0.2, 0.25) is 0 Å². The molecule has 0 fully saturated rings. The molecule has 6 nitrogen and oxygen atoms in total. The molecule has 0 radical (unpaired) electrons. The summed E-state index contributed by atoms with van der Waals surface area (Å²) >= 11 is 1.48. The van der Waals surface area contributed by atoms with Crippen LogP contribution in [-0.4, -0.2) is 20.4 Å². The number of thiazole rings is 1. The van der Waals surface area contributed by atoms with E-state index in [0.29, 0.717) is 23.0 Å². The summed E-state index contributed by atoms with van der Waals surface area (Å²) in [6.45, 7) is 0.0984. The summed E-state index contributed by atoms with van der Waals surface area (Å²) in [4.78, 5) is 21.8. The van der Waals surface area contributed by atoms with Crippen molar-refractivity contribution < 1.29 is 13.9 Å². The Balaban J connectivity index is 1.31. The third-order valence-electron chi connectivity index (χ3n) is 4.81. The van der Waals surface area contributed by atoms with E-state index < -0.39 is 0 Å². The lowest BCUT2D eigenvalue weighted by molar-refractivity contribution is -0.116. The summed E-state index contributed by atoms with van der Waals surface area (Å²) in [5.41, 5.74) is 4.80. The molecule has 0 saturated carbocycles. The van der Waals surface area contributed by atoms with Crippen molar-refractivity contribution in [2.45, 2.75) is 6.54 Å². The molecule has 2 aromatic heterocycles. The predicted octanol–water partition coefficient (Wildman–Crippen LogP) is 5.73. The van der Waals surface area contributed by atoms with Crippen molar-refractivity contribution in [3.63, 3.8) is 0 Å². The minimum Gasteiger partial charge on any atom is -0.457 e. The van der Waals surface area contributed by atoms with Crippen molar-refractivity contribution in [1.82, 2.24) is 14.5 Å². The molecule has 2 heterocycles. The van der Waals surface area contributed by atoms with E-state index in [2.05, 4.69) is 15.3 Å². The van der Waals surface area contributed by atoms with E-state index in [-0.39, 0.29) is 18.3 Å². The smallest absolute Gasteiger partial charge is 0.244 e. The lowest BCUT2D eigenvalue weighted by Crippen LogP contribution is -2.19. The number of para-hydroxylation sites is 2. The number of aromatic nitrogens is 3. The van der Waals surface area contributed by atoms with Crippen LogP contribution >= 0.6 is 11.3 Å². The minimum atomic E-state index is -0.320. The van der Waals surface area contributed by atoms with Gasteiger partial charge in [0.15, 0.2) is 5.82 Å². The summed E-state index contributed by atoms with van der Waals surface area (Å²) in [5, 5.41) is 4.82. The van der Waals surface area contributed by atoms with Crippen molar-refractivity contribution in [3.8, 4) is 23.0 Å². The van der Waals surface area contributed by atoms with Crippen LogP contribution in [0.3, 0.4) is 0 Å². The second-order valence-corrected chi connectivity index (χ2v) is 7.73. The molecule has 0 aliphatic rings. The van der Waals surface area contributed by atoms with E-state index >= 15 is 0 Å². The van der Waals surface area contributed by atoms with Crippen LogP contribution in [0.15, 0.2) is 83.7 Å². The molecule has 0 bridgehead atoms. The van der Waals surface area contributed by atoms with Gasteiger partial charge >= 0.3 is 0 Å². The molecular weight excluding hydrogens is 427 g/mol. The number of carbonyl (C=O) groups excluding carboxylic acids is 1. The second-order valence-electron chi connectivity index (χ2n) is 7.01. The molecule has 1 N–H and O–H groups in total. The van der Waals surface area contributed by atoms with Crippen molar-refractivity contribution >= 4 is 34.0 Å². The van der Waals surface area contributed by atoms with Crippen LogP contribution in [0.5, 0.6) is 11.5 Å². The van der Waals surface area contributed by atoms with Gasteiger partial charge in [-0.2, -0.15) is 0 Å². The topological polar surface area (TPSA) is 69.0 Å². The van der Waals surface area contributed by atoms with E-state index in [1.54, 1.807) is 41.9 Å². The molecule has 0 aliphatic heterocycles. The number of hydrogen-bond donors (Lipinski definition) is 1. The van der Waals surface area contributed by atoms with E-state index in [0.717, 1.165) is 16.7 Å². The highest BCUT2D eigenvalue weighted by molar-refractivity contribution is 7.07. The molecule has 5 rings (SSSR count). The molecule has 0 atom stereocenters. The molecule has 32 heavy (non-hydrogen) atoms. The standard InChI is InChI=1S/C24H17FN4O2S/c25-16-5-9-18(10-6-16)31-19-11-7-17(8-12-19)27-23(30)13-29-22-4-2-1-3-20(22)28-24(29)21-14-32-15-26-21/h1-12,14-15H,13H2,(H,27,30). The molecule has 158 valence electrons. The number of rotatable bonds is 6. The Bertz CT molecular complexity index is 1360. The maximum absolute atomic E-state index is 13.0. The summed E-state index contributed by atoms with van der Waals surface area (Å²) < 4.78 is 20.6. The van der Waals surface area contributed by atoms with Crippen LogP contribution in [0.1, 0.15) is 0 Å². The first-order chi connectivity index (χ1) is 15.7. The number of halogens is 1. The largest absolute Gasteiger partial charge is 0.457 e. The zero-order valence-electron chi connectivity index (χ0n) is 16.7. The number of amides is 1. The number of imidazole rings is 1. The summed E-state index contributed by atoms with van der Waals surface area (Å²) in [5.74, 6) is 1.27. The van der Waals surface area contributed by atoms with Gasteiger partial charge in [0.05, 0.1) is 16.5 Å². The van der Waals surface area contributed by atoms with Crippen molar-refractivity contribution in [2.24, 2.45) is 0 Å². The molecule has 1 amide bonds. The van der Waals surface area contributed by atoms with Gasteiger partial charge in [0.25, 0.3) is 0 Å². The fourth-order valence-corrected chi connectivity index (χ4v) is 3.87. The predicted molar refractivity (Wildman–Crippen MR) is 122 cm³/mol. The number of carbonyl (C=O) groups is 1. The summed E-state index contributed by atoms with van der Waals surface area (Å²) in [6, 6.07) is 20.5. The van der Waals surface area contributed by atoms with Crippen molar-refractivity contribution in [2.75, 3.05) is 5.32 Å². The van der Waals surface area contributed by atoms with Crippen LogP contribution in [0, 0.1) is 5.82 Å². The van der Waals surface area contributed by atoms with Crippen molar-refractivity contribution in [1.29, 1.82) is 0 Å². The molecule has 0 saturated heterocycles. The maximum Gasteiger partial charge on any atom is 0.244 e. The number of benzene rings is 3. The van der Waals surface area contributed by atoms with Crippen LogP contribution in [0.25, 0.3) is 22.6 Å². The lowest BCUT2D eigenvalue weighted by atomic mass is 10.3. The average Bonchev–Trinajstić information content (AvgIpc) is 3.45. The molecule has 8 heteroatoms. The van der Waals surface area contributed by atoms with Gasteiger partial charge in [-0.15, -0.1) is 11.3 Å². The van der Waals surface area contributed by atoms with Gasteiger partial charge < -0.3 is 14.6 Å². The van der Waals surface area contributed by atoms with E-state index in [9.17, 15) is 9.18 Å². The molecule has 0 spiro atoms. The van der Waals surface area contributed by atoms with Gasteiger partial charge in [-0.3, -0.25) is 4.79 Å². The molecule has 0 unspecified atom stereocenters. The van der Waals surface area contributed by atoms with E-state index in [1.165, 1.54) is 23.5 Å². The fraction of sp³-hybridized carbons (Fsp3) is 0.0417. The summed E-state index contributed by atoms with van der Waals surface area (Å²) in [7, 11) is 0.